The van der Waals surface area contributed by atoms with Crippen molar-refractivity contribution in [3.8, 4) is 17.0 Å². The summed E-state index contributed by atoms with van der Waals surface area (Å²) in [6.45, 7) is 8.98. The zero-order chi connectivity index (χ0) is 25.1. The number of nitrogens with zero attached hydrogens (tertiary/aromatic N) is 4. The van der Waals surface area contributed by atoms with Gasteiger partial charge in [-0.15, -0.1) is 0 Å². The Hall–Kier alpha value is -2.42. The molecule has 7 nitrogen and oxygen atoms in total. The average Bonchev–Trinajstić information content (AvgIpc) is 3.06. The van der Waals surface area contributed by atoms with E-state index < -0.39 is 0 Å². The molecule has 35 heavy (non-hydrogen) atoms. The van der Waals surface area contributed by atoms with Crippen LogP contribution in [-0.4, -0.2) is 85.2 Å². The maximum absolute atomic E-state index is 15.3. The topological polar surface area (TPSA) is 60.9 Å². The van der Waals surface area contributed by atoms with Crippen molar-refractivity contribution in [3.63, 3.8) is 0 Å². The van der Waals surface area contributed by atoms with E-state index in [9.17, 15) is 4.79 Å². The van der Waals surface area contributed by atoms with Crippen LogP contribution >= 0.6 is 11.6 Å². The average molecular weight is 502 g/mol. The Balaban J connectivity index is 1.75. The smallest absolute Gasteiger partial charge is 0.261 e. The molecule has 5 rings (SSSR count). The molecule has 2 atom stereocenters. The second-order valence-electron chi connectivity index (χ2n) is 10.7. The van der Waals surface area contributed by atoms with Crippen LogP contribution in [0.1, 0.15) is 36.2 Å². The van der Waals surface area contributed by atoms with Gasteiger partial charge in [0.15, 0.2) is 5.75 Å². The van der Waals surface area contributed by atoms with Gasteiger partial charge >= 0.3 is 0 Å². The molecule has 0 bridgehead atoms. The molecule has 1 aromatic heterocycles. The van der Waals surface area contributed by atoms with Gasteiger partial charge in [-0.05, 0) is 52.9 Å². The molecule has 0 spiro atoms. The van der Waals surface area contributed by atoms with Crippen molar-refractivity contribution < 1.29 is 13.9 Å². The molecule has 0 aliphatic carbocycles. The van der Waals surface area contributed by atoms with E-state index >= 15 is 4.39 Å². The summed E-state index contributed by atoms with van der Waals surface area (Å²) in [7, 11) is 4.13. The number of carbonyl (C=O) groups is 1. The Morgan fingerprint density at radius 2 is 2.09 bits per heavy atom. The predicted octanol–water partition coefficient (Wildman–Crippen LogP) is 3.57. The van der Waals surface area contributed by atoms with Crippen LogP contribution in [0.5, 0.6) is 5.75 Å². The number of aryl methyl sites for hydroxylation is 1. The van der Waals surface area contributed by atoms with Crippen LogP contribution < -0.4 is 15.0 Å². The molecule has 1 unspecified atom stereocenters. The van der Waals surface area contributed by atoms with Gasteiger partial charge in [-0.1, -0.05) is 23.7 Å². The van der Waals surface area contributed by atoms with Crippen LogP contribution in [0, 0.1) is 12.7 Å². The standard InChI is InChI=1S/C26H33ClFN5O2/c1-15-7-6-8-18(21(15)28)22-20(27)23-19(25(34)32-10-9-29-12-17(32)14-35-23)24(30-22)33-13-16(31(4)5)11-26(33,2)3/h6-8,16-17,29H,9-14H2,1-5H3/t16?,17-/m1/s1. The largest absolute Gasteiger partial charge is 0.489 e. The molecule has 4 heterocycles. The minimum absolute atomic E-state index is 0.104. The highest BCUT2D eigenvalue weighted by Crippen LogP contribution is 2.46. The molecule has 1 N–H and O–H groups in total. The summed E-state index contributed by atoms with van der Waals surface area (Å²) in [6.07, 6.45) is 0.901. The van der Waals surface area contributed by atoms with Crippen LogP contribution in [-0.2, 0) is 0 Å². The van der Waals surface area contributed by atoms with Gasteiger partial charge in [0.2, 0.25) is 0 Å². The van der Waals surface area contributed by atoms with Crippen molar-refractivity contribution in [2.24, 2.45) is 0 Å². The monoisotopic (exact) mass is 501 g/mol. The number of likely N-dealkylation sites (N-methyl/N-ethyl adjacent to an activating group) is 1. The first-order chi connectivity index (χ1) is 16.6. The van der Waals surface area contributed by atoms with E-state index in [-0.39, 0.29) is 34.4 Å². The van der Waals surface area contributed by atoms with E-state index in [0.717, 1.165) is 13.0 Å². The lowest BCUT2D eigenvalue weighted by Gasteiger charge is -2.36. The summed E-state index contributed by atoms with van der Waals surface area (Å²) in [4.78, 5) is 25.2. The second kappa shape index (κ2) is 8.91. The third kappa shape index (κ3) is 4.05. The van der Waals surface area contributed by atoms with Crippen molar-refractivity contribution in [2.45, 2.75) is 44.8 Å². The quantitative estimate of drug-likeness (QED) is 0.694. The molecule has 1 aromatic carbocycles. The summed E-state index contributed by atoms with van der Waals surface area (Å²) in [5, 5.41) is 3.51. The van der Waals surface area contributed by atoms with Crippen LogP contribution in [0.25, 0.3) is 11.3 Å². The highest BCUT2D eigenvalue weighted by Gasteiger charge is 2.45. The van der Waals surface area contributed by atoms with Gasteiger partial charge in [0.1, 0.15) is 28.8 Å². The zero-order valence-electron chi connectivity index (χ0n) is 21.0. The number of hydrogen-bond donors (Lipinski definition) is 1. The number of aromatic nitrogens is 1. The van der Waals surface area contributed by atoms with Gasteiger partial charge < -0.3 is 24.8 Å². The van der Waals surface area contributed by atoms with E-state index in [2.05, 4.69) is 43.1 Å². The van der Waals surface area contributed by atoms with E-state index in [1.54, 1.807) is 25.1 Å². The first kappa shape index (κ1) is 24.3. The Morgan fingerprint density at radius 1 is 1.31 bits per heavy atom. The van der Waals surface area contributed by atoms with Crippen LogP contribution in [0.4, 0.5) is 10.2 Å². The van der Waals surface area contributed by atoms with Crippen molar-refractivity contribution >= 4 is 23.3 Å². The first-order valence-corrected chi connectivity index (χ1v) is 12.6. The van der Waals surface area contributed by atoms with Crippen molar-refractivity contribution in [1.82, 2.24) is 20.1 Å². The summed E-state index contributed by atoms with van der Waals surface area (Å²) < 4.78 is 21.5. The van der Waals surface area contributed by atoms with E-state index in [4.69, 9.17) is 21.3 Å². The number of ether oxygens (including phenoxy) is 1. The lowest BCUT2D eigenvalue weighted by atomic mass is 9.99. The number of carbonyl (C=O) groups excluding carboxylic acids is 1. The molecule has 0 radical (unpaired) electrons. The van der Waals surface area contributed by atoms with Gasteiger partial charge in [-0.2, -0.15) is 0 Å². The van der Waals surface area contributed by atoms with E-state index in [1.165, 1.54) is 0 Å². The summed E-state index contributed by atoms with van der Waals surface area (Å²) >= 11 is 6.88. The SMILES string of the molecule is Cc1cccc(-c2nc(N3CC(N(C)C)CC3(C)C)c3c(c2Cl)OC[C@H]2CNCCN2C3=O)c1F. The molecular weight excluding hydrogens is 469 g/mol. The third-order valence-electron chi connectivity index (χ3n) is 7.61. The number of hydrogen-bond acceptors (Lipinski definition) is 6. The normalized spacial score (nSPS) is 23.7. The number of nitrogens with one attached hydrogen (secondary N) is 1. The second-order valence-corrected chi connectivity index (χ2v) is 11.0. The fourth-order valence-electron chi connectivity index (χ4n) is 5.49. The molecule has 188 valence electrons. The molecule has 0 saturated carbocycles. The molecule has 9 heteroatoms. The number of rotatable bonds is 3. The van der Waals surface area contributed by atoms with Gasteiger partial charge in [0, 0.05) is 43.3 Å². The van der Waals surface area contributed by atoms with E-state index in [0.29, 0.717) is 60.2 Å². The number of halogens is 2. The highest BCUT2D eigenvalue weighted by molar-refractivity contribution is 6.35. The zero-order valence-corrected chi connectivity index (χ0v) is 21.7. The molecular formula is C26H33ClFN5O2. The first-order valence-electron chi connectivity index (χ1n) is 12.2. The highest BCUT2D eigenvalue weighted by atomic mass is 35.5. The number of piperazine rings is 1. The van der Waals surface area contributed by atoms with Crippen molar-refractivity contribution in [3.05, 3.63) is 40.2 Å². The molecule has 2 fully saturated rings. The van der Waals surface area contributed by atoms with Crippen LogP contribution in [0.2, 0.25) is 5.02 Å². The lowest BCUT2D eigenvalue weighted by Crippen LogP contribution is -2.55. The number of pyridine rings is 1. The fourth-order valence-corrected chi connectivity index (χ4v) is 5.78. The maximum Gasteiger partial charge on any atom is 0.261 e. The Bertz CT molecular complexity index is 1170. The fraction of sp³-hybridized carbons (Fsp3) is 0.538. The molecule has 1 amide bonds. The van der Waals surface area contributed by atoms with Crippen molar-refractivity contribution in [1.29, 1.82) is 0 Å². The molecule has 2 saturated heterocycles. The van der Waals surface area contributed by atoms with Crippen LogP contribution in [0.3, 0.4) is 0 Å². The molecule has 3 aliphatic heterocycles. The summed E-state index contributed by atoms with van der Waals surface area (Å²) in [5.41, 5.74) is 1.22. The van der Waals surface area contributed by atoms with Gasteiger partial charge in [-0.3, -0.25) is 4.79 Å². The van der Waals surface area contributed by atoms with Crippen LogP contribution in [0.15, 0.2) is 18.2 Å². The summed E-state index contributed by atoms with van der Waals surface area (Å²) in [5.74, 6) is 0.310. The number of benzene rings is 1. The maximum atomic E-state index is 15.3. The lowest BCUT2D eigenvalue weighted by molar-refractivity contribution is 0.0606. The minimum Gasteiger partial charge on any atom is -0.489 e. The van der Waals surface area contributed by atoms with E-state index in [1.807, 2.05) is 4.90 Å². The predicted molar refractivity (Wildman–Crippen MR) is 136 cm³/mol. The number of amides is 1. The third-order valence-corrected chi connectivity index (χ3v) is 7.96. The summed E-state index contributed by atoms with van der Waals surface area (Å²) in [6, 6.07) is 5.36. The van der Waals surface area contributed by atoms with Gasteiger partial charge in [0.05, 0.1) is 11.7 Å². The van der Waals surface area contributed by atoms with Gasteiger partial charge in [-0.25, -0.2) is 9.37 Å². The molecule has 3 aliphatic rings. The van der Waals surface area contributed by atoms with Crippen molar-refractivity contribution in [2.75, 3.05) is 51.8 Å². The Labute approximate surface area is 211 Å². The number of anilines is 1. The Morgan fingerprint density at radius 3 is 2.80 bits per heavy atom. The van der Waals surface area contributed by atoms with Gasteiger partial charge in [0.25, 0.3) is 5.91 Å². The molecule has 2 aromatic rings. The Kier molecular flexibility index (Phi) is 6.18. The minimum atomic E-state index is -0.374. The number of fused-ring (bicyclic) bond motifs is 2.